The molecule has 1 aromatic rings. The Morgan fingerprint density at radius 2 is 2.26 bits per heavy atom. The average molecular weight is 369 g/mol. The number of amides is 1. The van der Waals surface area contributed by atoms with Crippen molar-refractivity contribution < 1.29 is 19.8 Å². The average Bonchev–Trinajstić information content (AvgIpc) is 2.75. The number of thiocarbonyl (C=S) groups is 1. The van der Waals surface area contributed by atoms with Crippen LogP contribution in [0.15, 0.2) is 29.2 Å². The molecule has 1 aliphatic rings. The van der Waals surface area contributed by atoms with Crippen LogP contribution < -0.4 is 0 Å². The number of aliphatic carboxylic acids is 1. The molecular formula is C15H15NO4S3. The zero-order valence-electron chi connectivity index (χ0n) is 12.3. The minimum atomic E-state index is -1.06. The summed E-state index contributed by atoms with van der Waals surface area (Å²) in [5, 5.41) is 18.9. The van der Waals surface area contributed by atoms with Crippen LogP contribution in [0.1, 0.15) is 12.0 Å². The molecule has 2 rings (SSSR count). The van der Waals surface area contributed by atoms with Crippen molar-refractivity contribution in [2.75, 3.05) is 12.0 Å². The van der Waals surface area contributed by atoms with E-state index in [2.05, 4.69) is 0 Å². The molecule has 0 spiro atoms. The molecule has 2 N–H and O–H groups in total. The van der Waals surface area contributed by atoms with Crippen LogP contribution in [0.2, 0.25) is 0 Å². The van der Waals surface area contributed by atoms with E-state index in [1.807, 2.05) is 6.26 Å². The molecule has 5 nitrogen and oxygen atoms in total. The van der Waals surface area contributed by atoms with E-state index in [-0.39, 0.29) is 10.1 Å². The lowest BCUT2D eigenvalue weighted by atomic mass is 10.1. The zero-order chi connectivity index (χ0) is 17.0. The topological polar surface area (TPSA) is 77.8 Å². The minimum absolute atomic E-state index is 0.0950. The second kappa shape index (κ2) is 7.85. The summed E-state index contributed by atoms with van der Waals surface area (Å²) in [5.41, 5.74) is 0.654. The maximum absolute atomic E-state index is 12.5. The molecule has 0 bridgehead atoms. The van der Waals surface area contributed by atoms with E-state index in [9.17, 15) is 19.8 Å². The highest BCUT2D eigenvalue weighted by Crippen LogP contribution is 2.35. The first-order valence-corrected chi connectivity index (χ1v) is 9.33. The Kier molecular flexibility index (Phi) is 6.09. The van der Waals surface area contributed by atoms with E-state index >= 15 is 0 Å². The lowest BCUT2D eigenvalue weighted by Gasteiger charge is -2.22. The van der Waals surface area contributed by atoms with Crippen LogP contribution in [-0.4, -0.2) is 49.4 Å². The third-order valence-electron chi connectivity index (χ3n) is 3.18. The summed E-state index contributed by atoms with van der Waals surface area (Å²) in [6.07, 6.45) is 3.82. The third-order valence-corrected chi connectivity index (χ3v) is 5.16. The van der Waals surface area contributed by atoms with Gasteiger partial charge in [-0.25, -0.2) is 4.79 Å². The maximum Gasteiger partial charge on any atom is 0.326 e. The summed E-state index contributed by atoms with van der Waals surface area (Å²) in [4.78, 5) is 25.5. The smallest absolute Gasteiger partial charge is 0.326 e. The van der Waals surface area contributed by atoms with Crippen LogP contribution in [0, 0.1) is 0 Å². The van der Waals surface area contributed by atoms with Crippen LogP contribution in [-0.2, 0) is 9.59 Å². The first-order chi connectivity index (χ1) is 10.9. The number of carboxylic acids is 1. The maximum atomic E-state index is 12.5. The molecule has 1 heterocycles. The second-order valence-corrected chi connectivity index (χ2v) is 7.44. The highest BCUT2D eigenvalue weighted by atomic mass is 32.2. The van der Waals surface area contributed by atoms with Crippen molar-refractivity contribution in [2.24, 2.45) is 0 Å². The van der Waals surface area contributed by atoms with Crippen molar-refractivity contribution in [3.05, 3.63) is 34.7 Å². The Morgan fingerprint density at radius 1 is 1.52 bits per heavy atom. The van der Waals surface area contributed by atoms with Gasteiger partial charge in [0.25, 0.3) is 5.91 Å². The van der Waals surface area contributed by atoms with Gasteiger partial charge in [0.05, 0.1) is 4.91 Å². The molecule has 23 heavy (non-hydrogen) atoms. The number of rotatable bonds is 6. The predicted octanol–water partition coefficient (Wildman–Crippen LogP) is 2.80. The Balaban J connectivity index is 2.26. The van der Waals surface area contributed by atoms with Crippen molar-refractivity contribution in [1.29, 1.82) is 0 Å². The molecule has 0 saturated carbocycles. The van der Waals surface area contributed by atoms with Gasteiger partial charge in [0.2, 0.25) is 0 Å². The van der Waals surface area contributed by atoms with Gasteiger partial charge in [-0.1, -0.05) is 36.1 Å². The predicted molar refractivity (Wildman–Crippen MR) is 97.5 cm³/mol. The van der Waals surface area contributed by atoms with Gasteiger partial charge in [-0.05, 0) is 42.2 Å². The van der Waals surface area contributed by atoms with Crippen LogP contribution in [0.5, 0.6) is 5.75 Å². The number of hydrogen-bond donors (Lipinski definition) is 2. The van der Waals surface area contributed by atoms with Crippen molar-refractivity contribution in [2.45, 2.75) is 12.5 Å². The molecule has 1 saturated heterocycles. The first kappa shape index (κ1) is 17.8. The van der Waals surface area contributed by atoms with Gasteiger partial charge < -0.3 is 10.2 Å². The summed E-state index contributed by atoms with van der Waals surface area (Å²) < 4.78 is 0.245. The number of phenols is 1. The number of carboxylic acid groups (broad SMARTS) is 1. The number of aromatic hydroxyl groups is 1. The molecule has 0 aromatic heterocycles. The second-order valence-electron chi connectivity index (χ2n) is 4.78. The number of hydrogen-bond acceptors (Lipinski definition) is 6. The molecule has 0 radical (unpaired) electrons. The summed E-state index contributed by atoms with van der Waals surface area (Å²) >= 11 is 7.79. The Morgan fingerprint density at radius 3 is 2.87 bits per heavy atom. The number of phenolic OH excluding ortho intramolecular Hbond substituents is 1. The van der Waals surface area contributed by atoms with E-state index in [0.717, 1.165) is 11.8 Å². The van der Waals surface area contributed by atoms with Gasteiger partial charge in [0, 0.05) is 0 Å². The SMILES string of the molecule is CSCCC(C(=O)O)N1C(=O)/C(=C/c2cccc(O)c2)SC1=S. The monoisotopic (exact) mass is 369 g/mol. The summed E-state index contributed by atoms with van der Waals surface area (Å²) in [6.45, 7) is 0. The van der Waals surface area contributed by atoms with Gasteiger partial charge in [-0.3, -0.25) is 9.69 Å². The van der Waals surface area contributed by atoms with Crippen molar-refractivity contribution in [1.82, 2.24) is 4.90 Å². The summed E-state index contributed by atoms with van der Waals surface area (Å²) in [7, 11) is 0. The van der Waals surface area contributed by atoms with Crippen LogP contribution in [0.4, 0.5) is 0 Å². The molecule has 8 heteroatoms. The largest absolute Gasteiger partial charge is 0.508 e. The summed E-state index contributed by atoms with van der Waals surface area (Å²) in [5.74, 6) is -0.747. The molecule has 1 aromatic carbocycles. The van der Waals surface area contributed by atoms with Crippen LogP contribution in [0.3, 0.4) is 0 Å². The molecule has 1 atom stereocenters. The highest BCUT2D eigenvalue weighted by Gasteiger charge is 2.40. The normalized spacial score (nSPS) is 17.8. The van der Waals surface area contributed by atoms with Gasteiger partial charge >= 0.3 is 5.97 Å². The number of nitrogens with zero attached hydrogens (tertiary/aromatic N) is 1. The number of benzene rings is 1. The van der Waals surface area contributed by atoms with Gasteiger partial charge in [0.15, 0.2) is 0 Å². The molecule has 0 aliphatic carbocycles. The minimum Gasteiger partial charge on any atom is -0.508 e. The van der Waals surface area contributed by atoms with Crippen molar-refractivity contribution in [3.8, 4) is 5.75 Å². The van der Waals surface area contributed by atoms with Gasteiger partial charge in [-0.15, -0.1) is 0 Å². The molecule has 1 aliphatic heterocycles. The molecular weight excluding hydrogens is 354 g/mol. The fourth-order valence-corrected chi connectivity index (χ4v) is 3.92. The lowest BCUT2D eigenvalue weighted by molar-refractivity contribution is -0.145. The molecule has 1 unspecified atom stereocenters. The van der Waals surface area contributed by atoms with Gasteiger partial charge in [-0.2, -0.15) is 11.8 Å². The number of carbonyl (C=O) groups excluding carboxylic acids is 1. The molecule has 1 fully saturated rings. The lowest BCUT2D eigenvalue weighted by Crippen LogP contribution is -2.44. The van der Waals surface area contributed by atoms with E-state index in [1.54, 1.807) is 18.2 Å². The Labute approximate surface area is 147 Å². The first-order valence-electron chi connectivity index (χ1n) is 6.72. The molecule has 1 amide bonds. The van der Waals surface area contributed by atoms with Crippen LogP contribution in [0.25, 0.3) is 6.08 Å². The van der Waals surface area contributed by atoms with Crippen LogP contribution >= 0.6 is 35.7 Å². The van der Waals surface area contributed by atoms with E-state index < -0.39 is 17.9 Å². The van der Waals surface area contributed by atoms with Crippen molar-refractivity contribution >= 4 is 58.0 Å². The van der Waals surface area contributed by atoms with E-state index in [4.69, 9.17) is 12.2 Å². The molecule has 122 valence electrons. The number of carbonyl (C=O) groups is 2. The zero-order valence-corrected chi connectivity index (χ0v) is 14.7. The van der Waals surface area contributed by atoms with E-state index in [0.29, 0.717) is 22.6 Å². The van der Waals surface area contributed by atoms with Gasteiger partial charge in [0.1, 0.15) is 16.1 Å². The Bertz CT molecular complexity index is 674. The Hall–Kier alpha value is -1.51. The standard InChI is InChI=1S/C15H15NO4S3/c1-22-6-5-11(14(19)20)16-13(18)12(23-15(16)21)8-9-3-2-4-10(17)7-9/h2-4,7-8,11,17H,5-6H2,1H3,(H,19,20)/b12-8-. The van der Waals surface area contributed by atoms with E-state index in [1.165, 1.54) is 28.8 Å². The van der Waals surface area contributed by atoms with Crippen molar-refractivity contribution in [3.63, 3.8) is 0 Å². The third kappa shape index (κ3) is 4.27. The number of thioether (sulfide) groups is 2. The fourth-order valence-electron chi connectivity index (χ4n) is 2.11. The fraction of sp³-hybridized carbons (Fsp3) is 0.267. The quantitative estimate of drug-likeness (QED) is 0.590. The summed E-state index contributed by atoms with van der Waals surface area (Å²) in [6, 6.07) is 5.51. The highest BCUT2D eigenvalue weighted by molar-refractivity contribution is 8.26.